The summed E-state index contributed by atoms with van der Waals surface area (Å²) in [6, 6.07) is 1.41. The van der Waals surface area contributed by atoms with E-state index in [0.29, 0.717) is 12.1 Å². The second-order valence-corrected chi connectivity index (χ2v) is 7.56. The zero-order valence-corrected chi connectivity index (χ0v) is 12.9. The first kappa shape index (κ1) is 12.9. The molecule has 2 atom stereocenters. The van der Waals surface area contributed by atoms with Gasteiger partial charge in [0.2, 0.25) is 0 Å². The van der Waals surface area contributed by atoms with Crippen molar-refractivity contribution >= 4 is 22.7 Å². The van der Waals surface area contributed by atoms with Crippen LogP contribution in [0.25, 0.3) is 0 Å². The van der Waals surface area contributed by atoms with Gasteiger partial charge in [0.15, 0.2) is 0 Å². The number of fused-ring (bicyclic) bond motifs is 2. The van der Waals surface area contributed by atoms with E-state index in [2.05, 4.69) is 30.5 Å². The third-order valence-electron chi connectivity index (χ3n) is 4.35. The zero-order valence-electron chi connectivity index (χ0n) is 11.3. The molecule has 4 heterocycles. The van der Waals surface area contributed by atoms with Crippen molar-refractivity contribution in [3.63, 3.8) is 0 Å². The molecule has 2 aliphatic heterocycles. The van der Waals surface area contributed by atoms with Crippen LogP contribution in [0.5, 0.6) is 0 Å². The lowest BCUT2D eigenvalue weighted by Crippen LogP contribution is -2.52. The smallest absolute Gasteiger partial charge is 0.107 e. The number of aromatic nitrogens is 2. The molecular weight excluding hydrogens is 288 g/mol. The summed E-state index contributed by atoms with van der Waals surface area (Å²) in [4.78, 5) is 14.1. The second kappa shape index (κ2) is 5.52. The van der Waals surface area contributed by atoms with Crippen molar-refractivity contribution in [3.05, 3.63) is 33.2 Å². The highest BCUT2D eigenvalue weighted by Gasteiger charge is 2.39. The van der Waals surface area contributed by atoms with Gasteiger partial charge >= 0.3 is 0 Å². The minimum atomic E-state index is 0.706. The Balaban J connectivity index is 1.42. The van der Waals surface area contributed by atoms with Gasteiger partial charge in [0.05, 0.1) is 13.1 Å². The van der Waals surface area contributed by atoms with Crippen LogP contribution in [0.15, 0.2) is 23.2 Å². The molecule has 0 amide bonds. The van der Waals surface area contributed by atoms with Crippen molar-refractivity contribution in [1.82, 2.24) is 19.8 Å². The van der Waals surface area contributed by atoms with Gasteiger partial charge in [-0.05, 0) is 12.8 Å². The number of nitrogens with zero attached hydrogens (tertiary/aromatic N) is 4. The fraction of sp³-hybridized carbons (Fsp3) is 0.571. The van der Waals surface area contributed by atoms with E-state index in [1.165, 1.54) is 35.9 Å². The molecule has 2 bridgehead atoms. The third kappa shape index (κ3) is 2.53. The van der Waals surface area contributed by atoms with Crippen molar-refractivity contribution in [2.75, 3.05) is 13.1 Å². The van der Waals surface area contributed by atoms with E-state index in [4.69, 9.17) is 0 Å². The monoisotopic (exact) mass is 306 g/mol. The van der Waals surface area contributed by atoms with Crippen LogP contribution in [0.4, 0.5) is 0 Å². The standard InChI is InChI=1S/C14H18N4S2/c1-2-12-8-17(9-13-15-3-5-19-13)7-11(1)18(12)10-14-16-4-6-20-14/h3-6,11-12H,1-2,7-10H2. The van der Waals surface area contributed by atoms with Crippen LogP contribution in [0.2, 0.25) is 0 Å². The predicted molar refractivity (Wildman–Crippen MR) is 81.9 cm³/mol. The summed E-state index contributed by atoms with van der Waals surface area (Å²) >= 11 is 3.55. The van der Waals surface area contributed by atoms with Crippen molar-refractivity contribution in [3.8, 4) is 0 Å². The van der Waals surface area contributed by atoms with Crippen LogP contribution in [-0.4, -0.2) is 44.9 Å². The molecule has 0 aliphatic carbocycles. The van der Waals surface area contributed by atoms with Crippen LogP contribution in [-0.2, 0) is 13.1 Å². The predicted octanol–water partition coefficient (Wildman–Crippen LogP) is 2.45. The molecule has 2 aromatic rings. The van der Waals surface area contributed by atoms with Gasteiger partial charge in [0, 0.05) is 48.3 Å². The van der Waals surface area contributed by atoms with Crippen molar-refractivity contribution < 1.29 is 0 Å². The first-order chi connectivity index (χ1) is 9.88. The Bertz CT molecular complexity index is 526. The molecular formula is C14H18N4S2. The molecule has 2 unspecified atom stereocenters. The summed E-state index contributed by atoms with van der Waals surface area (Å²) in [5, 5.41) is 6.66. The highest BCUT2D eigenvalue weighted by molar-refractivity contribution is 7.09. The Hall–Kier alpha value is -0.820. The molecule has 2 aliphatic rings. The fourth-order valence-corrected chi connectivity index (χ4v) is 4.76. The molecule has 106 valence electrons. The fourth-order valence-electron chi connectivity index (χ4n) is 3.47. The van der Waals surface area contributed by atoms with Gasteiger partial charge in [-0.2, -0.15) is 0 Å². The van der Waals surface area contributed by atoms with Gasteiger partial charge in [-0.25, -0.2) is 9.97 Å². The Morgan fingerprint density at radius 1 is 0.950 bits per heavy atom. The van der Waals surface area contributed by atoms with E-state index in [9.17, 15) is 0 Å². The molecule has 4 nitrogen and oxygen atoms in total. The van der Waals surface area contributed by atoms with Gasteiger partial charge in [0.25, 0.3) is 0 Å². The third-order valence-corrected chi connectivity index (χ3v) is 5.88. The van der Waals surface area contributed by atoms with Crippen molar-refractivity contribution in [2.24, 2.45) is 0 Å². The summed E-state index contributed by atoms with van der Waals surface area (Å²) in [5.74, 6) is 0. The van der Waals surface area contributed by atoms with Crippen molar-refractivity contribution in [1.29, 1.82) is 0 Å². The lowest BCUT2D eigenvalue weighted by Gasteiger charge is -2.40. The maximum absolute atomic E-state index is 4.44. The first-order valence-electron chi connectivity index (χ1n) is 7.13. The van der Waals surface area contributed by atoms with Crippen LogP contribution in [0, 0.1) is 0 Å². The molecule has 0 spiro atoms. The maximum atomic E-state index is 4.44. The normalized spacial score (nSPS) is 27.2. The molecule has 2 fully saturated rings. The summed E-state index contributed by atoms with van der Waals surface area (Å²) in [5.41, 5.74) is 0. The molecule has 4 rings (SSSR count). The second-order valence-electron chi connectivity index (χ2n) is 5.60. The molecule has 2 saturated heterocycles. The molecule has 0 N–H and O–H groups in total. The summed E-state index contributed by atoms with van der Waals surface area (Å²) in [6.07, 6.45) is 6.50. The number of hydrogen-bond donors (Lipinski definition) is 0. The number of rotatable bonds is 4. The number of likely N-dealkylation sites (tertiary alicyclic amines) is 1. The molecule has 0 radical (unpaired) electrons. The summed E-state index contributed by atoms with van der Waals surface area (Å²) < 4.78 is 0. The topological polar surface area (TPSA) is 32.3 Å². The van der Waals surface area contributed by atoms with E-state index in [-0.39, 0.29) is 0 Å². The minimum absolute atomic E-state index is 0.706. The Morgan fingerprint density at radius 3 is 2.10 bits per heavy atom. The lowest BCUT2D eigenvalue weighted by atomic mass is 10.2. The Labute approximate surface area is 127 Å². The average molecular weight is 306 g/mol. The lowest BCUT2D eigenvalue weighted by molar-refractivity contribution is 0.0566. The largest absolute Gasteiger partial charge is 0.294 e. The summed E-state index contributed by atoms with van der Waals surface area (Å²) in [6.45, 7) is 4.43. The molecule has 2 aromatic heterocycles. The highest BCUT2D eigenvalue weighted by Crippen LogP contribution is 2.32. The zero-order chi connectivity index (χ0) is 13.4. The molecule has 6 heteroatoms. The number of piperazine rings is 1. The van der Waals surface area contributed by atoms with E-state index < -0.39 is 0 Å². The number of thiazole rings is 2. The molecule has 0 saturated carbocycles. The first-order valence-corrected chi connectivity index (χ1v) is 8.89. The minimum Gasteiger partial charge on any atom is -0.294 e. The van der Waals surface area contributed by atoms with E-state index >= 15 is 0 Å². The summed E-state index contributed by atoms with van der Waals surface area (Å²) in [7, 11) is 0. The highest BCUT2D eigenvalue weighted by atomic mass is 32.1. The van der Waals surface area contributed by atoms with Crippen LogP contribution >= 0.6 is 22.7 Å². The SMILES string of the molecule is c1csc(CN2CC3CCC(C2)N3Cc2nccs2)n1. The average Bonchev–Trinajstić information content (AvgIpc) is 3.15. The number of hydrogen-bond acceptors (Lipinski definition) is 6. The van der Waals surface area contributed by atoms with E-state index in [1.807, 2.05) is 12.4 Å². The quantitative estimate of drug-likeness (QED) is 0.868. The van der Waals surface area contributed by atoms with Crippen LogP contribution < -0.4 is 0 Å². The molecule has 0 aromatic carbocycles. The van der Waals surface area contributed by atoms with Crippen LogP contribution in [0.1, 0.15) is 22.9 Å². The van der Waals surface area contributed by atoms with E-state index in [0.717, 1.165) is 13.1 Å². The van der Waals surface area contributed by atoms with Gasteiger partial charge in [-0.15, -0.1) is 22.7 Å². The van der Waals surface area contributed by atoms with Gasteiger partial charge in [-0.3, -0.25) is 9.80 Å². The van der Waals surface area contributed by atoms with Crippen molar-refractivity contribution in [2.45, 2.75) is 38.0 Å². The van der Waals surface area contributed by atoms with Crippen LogP contribution in [0.3, 0.4) is 0 Å². The van der Waals surface area contributed by atoms with Gasteiger partial charge in [0.1, 0.15) is 10.0 Å². The molecule has 20 heavy (non-hydrogen) atoms. The Morgan fingerprint density at radius 2 is 1.55 bits per heavy atom. The van der Waals surface area contributed by atoms with E-state index in [1.54, 1.807) is 22.7 Å². The van der Waals surface area contributed by atoms with Gasteiger partial charge in [-0.1, -0.05) is 0 Å². The maximum Gasteiger partial charge on any atom is 0.107 e. The van der Waals surface area contributed by atoms with Gasteiger partial charge < -0.3 is 0 Å². The Kier molecular flexibility index (Phi) is 3.56.